The number of aromatic nitrogens is 1. The first kappa shape index (κ1) is 21.4. The Labute approximate surface area is 195 Å². The van der Waals surface area contributed by atoms with Gasteiger partial charge in [0.05, 0.1) is 13.7 Å². The molecule has 2 aliphatic rings. The fourth-order valence-corrected chi connectivity index (χ4v) is 4.37. The molecule has 4 heterocycles. The van der Waals surface area contributed by atoms with Crippen LogP contribution in [0.4, 0.5) is 4.79 Å². The van der Waals surface area contributed by atoms with E-state index in [-0.39, 0.29) is 24.8 Å². The van der Waals surface area contributed by atoms with Crippen molar-refractivity contribution in [3.8, 4) is 5.75 Å². The van der Waals surface area contributed by atoms with Gasteiger partial charge in [-0.1, -0.05) is 24.8 Å². The largest absolute Gasteiger partial charge is 0.497 e. The van der Waals surface area contributed by atoms with Gasteiger partial charge in [-0.25, -0.2) is 9.78 Å². The Morgan fingerprint density at radius 3 is 2.82 bits per heavy atom. The number of furan rings is 1. The Hall–Kier alpha value is -4.40. The lowest BCUT2D eigenvalue weighted by molar-refractivity contribution is -0.125. The number of urea groups is 1. The summed E-state index contributed by atoms with van der Waals surface area (Å²) in [7, 11) is 1.53. The van der Waals surface area contributed by atoms with Crippen LogP contribution >= 0.6 is 0 Å². The Morgan fingerprint density at radius 1 is 1.29 bits per heavy atom. The maximum atomic E-state index is 13.1. The molecule has 4 amide bonds. The second-order valence-corrected chi connectivity index (χ2v) is 8.31. The molecular weight excluding hydrogens is 436 g/mol. The minimum atomic E-state index is -1.59. The third-order valence-electron chi connectivity index (χ3n) is 6.18. The number of hydrogen-bond acceptors (Lipinski definition) is 6. The molecule has 0 radical (unpaired) electrons. The number of ether oxygens (including phenoxy) is 1. The number of hydrogen-bond donors (Lipinski definition) is 2. The highest BCUT2D eigenvalue weighted by atomic mass is 16.5. The summed E-state index contributed by atoms with van der Waals surface area (Å²) < 4.78 is 11.2. The van der Waals surface area contributed by atoms with Gasteiger partial charge in [0.2, 0.25) is 5.71 Å². The molecule has 1 unspecified atom stereocenters. The fourth-order valence-electron chi connectivity index (χ4n) is 4.37. The van der Waals surface area contributed by atoms with Crippen molar-refractivity contribution in [2.75, 3.05) is 13.7 Å². The number of imide groups is 1. The van der Waals surface area contributed by atoms with Crippen molar-refractivity contribution in [3.05, 3.63) is 77.7 Å². The van der Waals surface area contributed by atoms with Gasteiger partial charge in [-0.05, 0) is 47.9 Å². The normalized spacial score (nSPS) is 19.9. The van der Waals surface area contributed by atoms with Crippen molar-refractivity contribution in [1.82, 2.24) is 20.5 Å². The number of pyridine rings is 1. The van der Waals surface area contributed by atoms with Crippen molar-refractivity contribution in [2.45, 2.75) is 19.0 Å². The van der Waals surface area contributed by atoms with E-state index in [1.807, 2.05) is 25.1 Å². The van der Waals surface area contributed by atoms with Gasteiger partial charge in [0, 0.05) is 23.7 Å². The zero-order valence-electron chi connectivity index (χ0n) is 18.7. The number of methoxy groups -OCH3 is 1. The summed E-state index contributed by atoms with van der Waals surface area (Å²) in [6.45, 7) is 5.82. The lowest BCUT2D eigenvalue weighted by Crippen LogP contribution is -2.52. The van der Waals surface area contributed by atoms with E-state index in [2.05, 4.69) is 22.2 Å². The van der Waals surface area contributed by atoms with Gasteiger partial charge in [0.25, 0.3) is 11.8 Å². The van der Waals surface area contributed by atoms with Crippen LogP contribution in [-0.2, 0) is 16.9 Å². The number of carbonyl (C=O) groups excluding carboxylic acids is 3. The predicted molar refractivity (Wildman–Crippen MR) is 124 cm³/mol. The monoisotopic (exact) mass is 458 g/mol. The van der Waals surface area contributed by atoms with Crippen molar-refractivity contribution in [3.63, 3.8) is 0 Å². The van der Waals surface area contributed by atoms with E-state index in [9.17, 15) is 14.4 Å². The number of amides is 4. The molecule has 1 aromatic carbocycles. The van der Waals surface area contributed by atoms with E-state index in [0.717, 1.165) is 16.7 Å². The van der Waals surface area contributed by atoms with Crippen LogP contribution in [0.15, 0.2) is 59.7 Å². The lowest BCUT2D eigenvalue weighted by Gasteiger charge is -2.28. The summed E-state index contributed by atoms with van der Waals surface area (Å²) in [4.78, 5) is 44.3. The summed E-state index contributed by atoms with van der Waals surface area (Å²) in [6.07, 6.45) is 5.22. The SMILES string of the molecule is C=CC=C(C)c1cnc2oc(C3(CN4Cc5ccc(OC)cc5C4=O)NC(=O)NC3=O)cc2c1. The molecule has 2 aromatic heterocycles. The van der Waals surface area contributed by atoms with E-state index in [0.29, 0.717) is 22.4 Å². The summed E-state index contributed by atoms with van der Waals surface area (Å²) in [5, 5.41) is 5.63. The minimum Gasteiger partial charge on any atom is -0.497 e. The lowest BCUT2D eigenvalue weighted by atomic mass is 9.95. The quantitative estimate of drug-likeness (QED) is 0.433. The number of benzene rings is 1. The maximum absolute atomic E-state index is 13.1. The molecule has 2 N–H and O–H groups in total. The molecule has 9 nitrogen and oxygen atoms in total. The van der Waals surface area contributed by atoms with E-state index >= 15 is 0 Å². The Morgan fingerprint density at radius 2 is 2.12 bits per heavy atom. The van der Waals surface area contributed by atoms with E-state index < -0.39 is 17.5 Å². The van der Waals surface area contributed by atoms with Crippen molar-refractivity contribution >= 4 is 34.5 Å². The first-order valence-corrected chi connectivity index (χ1v) is 10.6. The molecule has 1 atom stereocenters. The predicted octanol–water partition coefficient (Wildman–Crippen LogP) is 3.12. The Kier molecular flexibility index (Phi) is 4.97. The zero-order chi connectivity index (χ0) is 24.0. The Bertz CT molecular complexity index is 1410. The number of rotatable bonds is 6. The number of nitrogens with zero attached hydrogens (tertiary/aromatic N) is 2. The summed E-state index contributed by atoms with van der Waals surface area (Å²) in [5.41, 5.74) is 1.87. The molecule has 0 bridgehead atoms. The number of carbonyl (C=O) groups is 3. The summed E-state index contributed by atoms with van der Waals surface area (Å²) in [6, 6.07) is 8.17. The minimum absolute atomic E-state index is 0.109. The maximum Gasteiger partial charge on any atom is 0.322 e. The van der Waals surface area contributed by atoms with Gasteiger partial charge in [-0.3, -0.25) is 14.9 Å². The third kappa shape index (κ3) is 3.33. The molecule has 3 aromatic rings. The van der Waals surface area contributed by atoms with E-state index in [1.165, 1.54) is 12.0 Å². The highest BCUT2D eigenvalue weighted by Gasteiger charge is 2.53. The number of nitrogens with one attached hydrogen (secondary N) is 2. The van der Waals surface area contributed by atoms with Crippen LogP contribution in [0.5, 0.6) is 5.75 Å². The molecule has 9 heteroatoms. The van der Waals surface area contributed by atoms with Crippen molar-refractivity contribution < 1.29 is 23.5 Å². The van der Waals surface area contributed by atoms with Crippen LogP contribution in [0.2, 0.25) is 0 Å². The van der Waals surface area contributed by atoms with Crippen molar-refractivity contribution in [1.29, 1.82) is 0 Å². The molecule has 0 aliphatic carbocycles. The number of allylic oxidation sites excluding steroid dienone is 3. The van der Waals surface area contributed by atoms with Crippen LogP contribution in [0, 0.1) is 0 Å². The van der Waals surface area contributed by atoms with Crippen LogP contribution in [0.1, 0.15) is 34.2 Å². The highest BCUT2D eigenvalue weighted by molar-refractivity contribution is 6.08. The molecule has 1 saturated heterocycles. The molecule has 172 valence electrons. The van der Waals surface area contributed by atoms with E-state index in [1.54, 1.807) is 30.5 Å². The van der Waals surface area contributed by atoms with Gasteiger partial charge in [0.1, 0.15) is 11.5 Å². The van der Waals surface area contributed by atoms with Gasteiger partial charge in [0.15, 0.2) is 5.54 Å². The molecule has 2 aliphatic heterocycles. The fraction of sp³-hybridized carbons (Fsp3) is 0.200. The molecule has 0 saturated carbocycles. The summed E-state index contributed by atoms with van der Waals surface area (Å²) >= 11 is 0. The third-order valence-corrected chi connectivity index (χ3v) is 6.18. The van der Waals surface area contributed by atoms with Gasteiger partial charge >= 0.3 is 6.03 Å². The first-order chi connectivity index (χ1) is 16.3. The topological polar surface area (TPSA) is 114 Å². The number of fused-ring (bicyclic) bond motifs is 2. The average Bonchev–Trinajstić information content (AvgIpc) is 3.47. The summed E-state index contributed by atoms with van der Waals surface area (Å²) in [5.74, 6) is -0.0949. The highest BCUT2D eigenvalue weighted by Crippen LogP contribution is 2.35. The molecule has 5 rings (SSSR count). The first-order valence-electron chi connectivity index (χ1n) is 10.6. The van der Waals surface area contributed by atoms with Crippen LogP contribution in [-0.4, -0.2) is 41.4 Å². The molecule has 1 fully saturated rings. The molecule has 0 spiro atoms. The van der Waals surface area contributed by atoms with Crippen LogP contribution in [0.25, 0.3) is 16.7 Å². The van der Waals surface area contributed by atoms with Gasteiger partial charge in [-0.15, -0.1) is 0 Å². The van der Waals surface area contributed by atoms with Gasteiger partial charge < -0.3 is 19.4 Å². The van der Waals surface area contributed by atoms with Gasteiger partial charge in [-0.2, -0.15) is 0 Å². The molecule has 34 heavy (non-hydrogen) atoms. The second-order valence-electron chi connectivity index (χ2n) is 8.31. The molecular formula is C25H22N4O5. The standard InChI is InChI=1S/C25H22N4O5/c1-4-5-14(2)17-8-16-9-20(34-21(16)26-11-17)25(23(31)27-24(32)28-25)13-29-12-15-6-7-18(33-3)10-19(15)22(29)30/h4-11H,1,12-13H2,2-3H3,(H2,27,28,31,32). The Balaban J connectivity index is 1.54. The van der Waals surface area contributed by atoms with Crippen LogP contribution in [0.3, 0.4) is 0 Å². The van der Waals surface area contributed by atoms with E-state index in [4.69, 9.17) is 9.15 Å². The van der Waals surface area contributed by atoms with Crippen molar-refractivity contribution in [2.24, 2.45) is 0 Å². The smallest absolute Gasteiger partial charge is 0.322 e. The zero-order valence-corrected chi connectivity index (χ0v) is 18.7. The second kappa shape index (κ2) is 7.87. The van der Waals surface area contributed by atoms with Crippen LogP contribution < -0.4 is 15.4 Å². The average molecular weight is 458 g/mol.